The normalized spacial score (nSPS) is 11.5. The first-order valence-electron chi connectivity index (χ1n) is 4.14. The number of nitrogens with two attached hydrogens (primary N) is 1. The Morgan fingerprint density at radius 3 is 2.67 bits per heavy atom. The first-order chi connectivity index (χ1) is 6.86. The number of nitrogens with zero attached hydrogens (tertiary/aromatic N) is 2. The fourth-order valence-corrected chi connectivity index (χ4v) is 1.72. The molecule has 0 saturated carbocycles. The molecule has 0 aromatic carbocycles. The molecule has 1 heterocycles. The fraction of sp³-hybridized carbons (Fsp3) is 0.375. The second-order valence-electron chi connectivity index (χ2n) is 3.07. The lowest BCUT2D eigenvalue weighted by molar-refractivity contribution is 0.599. The summed E-state index contributed by atoms with van der Waals surface area (Å²) >= 11 is 5.73. The molecular weight excluding hydrogens is 238 g/mol. The number of hydrogen-bond acceptors (Lipinski definition) is 4. The van der Waals surface area contributed by atoms with Crippen LogP contribution in [-0.4, -0.2) is 26.7 Å². The van der Waals surface area contributed by atoms with E-state index in [0.29, 0.717) is 16.4 Å². The fourth-order valence-electron chi connectivity index (χ4n) is 1.06. The van der Waals surface area contributed by atoms with Crippen LogP contribution in [0.15, 0.2) is 12.3 Å². The van der Waals surface area contributed by atoms with Gasteiger partial charge in [-0.1, -0.05) is 11.6 Å². The number of sulfonamides is 1. The van der Waals surface area contributed by atoms with Gasteiger partial charge < -0.3 is 5.73 Å². The minimum atomic E-state index is -3.33. The maximum atomic E-state index is 11.3. The van der Waals surface area contributed by atoms with Gasteiger partial charge in [0.2, 0.25) is 10.0 Å². The molecule has 0 aliphatic heterocycles. The second kappa shape index (κ2) is 4.34. The number of halogens is 1. The molecule has 0 saturated heterocycles. The number of pyridine rings is 1. The summed E-state index contributed by atoms with van der Waals surface area (Å²) in [4.78, 5) is 3.95. The van der Waals surface area contributed by atoms with E-state index in [1.807, 2.05) is 0 Å². The van der Waals surface area contributed by atoms with Crippen molar-refractivity contribution in [3.63, 3.8) is 0 Å². The molecule has 0 atom stereocenters. The van der Waals surface area contributed by atoms with Crippen molar-refractivity contribution in [1.29, 1.82) is 0 Å². The molecule has 0 aliphatic rings. The third kappa shape index (κ3) is 2.80. The molecule has 7 heteroatoms. The van der Waals surface area contributed by atoms with Crippen molar-refractivity contribution in [2.45, 2.75) is 6.54 Å². The molecule has 0 fully saturated rings. The standard InChI is InChI=1S/C8H12ClN3O2S/c1-12(15(2,13)14)8-6(4-10)3-7(9)5-11-8/h3,5H,4,10H2,1-2H3. The molecule has 2 N–H and O–H groups in total. The largest absolute Gasteiger partial charge is 0.326 e. The Morgan fingerprint density at radius 1 is 1.60 bits per heavy atom. The molecule has 0 aliphatic carbocycles. The zero-order valence-electron chi connectivity index (χ0n) is 8.44. The van der Waals surface area contributed by atoms with Crippen molar-refractivity contribution in [3.05, 3.63) is 22.8 Å². The van der Waals surface area contributed by atoms with Crippen LogP contribution in [0.2, 0.25) is 5.02 Å². The zero-order valence-corrected chi connectivity index (χ0v) is 10.0. The molecule has 1 aromatic rings. The van der Waals surface area contributed by atoms with Crippen molar-refractivity contribution in [3.8, 4) is 0 Å². The predicted octanol–water partition coefficient (Wildman–Crippen LogP) is 0.590. The molecule has 84 valence electrons. The molecule has 0 spiro atoms. The quantitative estimate of drug-likeness (QED) is 0.851. The highest BCUT2D eigenvalue weighted by Gasteiger charge is 2.16. The van der Waals surface area contributed by atoms with Gasteiger partial charge in [-0.2, -0.15) is 0 Å². The Bertz CT molecular complexity index is 461. The first-order valence-corrected chi connectivity index (χ1v) is 6.37. The third-order valence-corrected chi connectivity index (χ3v) is 3.30. The zero-order chi connectivity index (χ0) is 11.6. The van der Waals surface area contributed by atoms with Crippen LogP contribution >= 0.6 is 11.6 Å². The minimum absolute atomic E-state index is 0.183. The van der Waals surface area contributed by atoms with E-state index >= 15 is 0 Å². The lowest BCUT2D eigenvalue weighted by atomic mass is 10.2. The molecule has 1 aromatic heterocycles. The van der Waals surface area contributed by atoms with Crippen LogP contribution in [0, 0.1) is 0 Å². The Labute approximate surface area is 93.9 Å². The van der Waals surface area contributed by atoms with Crippen LogP contribution in [0.5, 0.6) is 0 Å². The van der Waals surface area contributed by atoms with Gasteiger partial charge >= 0.3 is 0 Å². The molecule has 1 rings (SSSR count). The third-order valence-electron chi connectivity index (χ3n) is 1.93. The highest BCUT2D eigenvalue weighted by atomic mass is 35.5. The van der Waals surface area contributed by atoms with E-state index in [0.717, 1.165) is 10.6 Å². The summed E-state index contributed by atoms with van der Waals surface area (Å²) in [6.45, 7) is 0.183. The van der Waals surface area contributed by atoms with Gasteiger partial charge in [0.15, 0.2) is 0 Å². The van der Waals surface area contributed by atoms with E-state index < -0.39 is 10.0 Å². The number of aromatic nitrogens is 1. The van der Waals surface area contributed by atoms with Crippen LogP contribution < -0.4 is 10.0 Å². The van der Waals surface area contributed by atoms with E-state index in [9.17, 15) is 8.42 Å². The number of rotatable bonds is 3. The SMILES string of the molecule is CN(c1ncc(Cl)cc1CN)S(C)(=O)=O. The topological polar surface area (TPSA) is 76.3 Å². The maximum absolute atomic E-state index is 11.3. The van der Waals surface area contributed by atoms with E-state index in [4.69, 9.17) is 17.3 Å². The average Bonchev–Trinajstić information content (AvgIpc) is 2.15. The number of anilines is 1. The molecule has 0 unspecified atom stereocenters. The molecule has 0 amide bonds. The number of hydrogen-bond donors (Lipinski definition) is 1. The summed E-state index contributed by atoms with van der Waals surface area (Å²) in [5.74, 6) is 0.310. The van der Waals surface area contributed by atoms with Gasteiger partial charge in [-0.25, -0.2) is 13.4 Å². The molecule has 0 radical (unpaired) electrons. The molecule has 5 nitrogen and oxygen atoms in total. The first kappa shape index (κ1) is 12.2. The van der Waals surface area contributed by atoms with E-state index in [1.54, 1.807) is 6.07 Å². The van der Waals surface area contributed by atoms with Gasteiger partial charge in [0.05, 0.1) is 11.3 Å². The highest BCUT2D eigenvalue weighted by molar-refractivity contribution is 7.92. The summed E-state index contributed by atoms with van der Waals surface area (Å²) in [5.41, 5.74) is 6.07. The van der Waals surface area contributed by atoms with Crippen LogP contribution in [0.1, 0.15) is 5.56 Å². The second-order valence-corrected chi connectivity index (χ2v) is 5.52. The monoisotopic (exact) mass is 249 g/mol. The maximum Gasteiger partial charge on any atom is 0.233 e. The Morgan fingerprint density at radius 2 is 2.20 bits per heavy atom. The molecule has 15 heavy (non-hydrogen) atoms. The van der Waals surface area contributed by atoms with Crippen molar-refractivity contribution in [2.75, 3.05) is 17.6 Å². The van der Waals surface area contributed by atoms with Crippen molar-refractivity contribution in [2.24, 2.45) is 5.73 Å². The van der Waals surface area contributed by atoms with E-state index in [2.05, 4.69) is 4.98 Å². The summed E-state index contributed by atoms with van der Waals surface area (Å²) in [5, 5.41) is 0.432. The highest BCUT2D eigenvalue weighted by Crippen LogP contribution is 2.21. The summed E-state index contributed by atoms with van der Waals surface area (Å²) in [6.07, 6.45) is 2.49. The van der Waals surface area contributed by atoms with Gasteiger partial charge in [-0.3, -0.25) is 4.31 Å². The van der Waals surface area contributed by atoms with Crippen LogP contribution in [0.25, 0.3) is 0 Å². The van der Waals surface area contributed by atoms with Gasteiger partial charge in [0, 0.05) is 25.4 Å². The lowest BCUT2D eigenvalue weighted by Crippen LogP contribution is -2.27. The summed E-state index contributed by atoms with van der Waals surface area (Å²) in [6, 6.07) is 1.60. The summed E-state index contributed by atoms with van der Waals surface area (Å²) < 4.78 is 23.7. The molecular formula is C8H12ClN3O2S. The van der Waals surface area contributed by atoms with Gasteiger partial charge in [-0.15, -0.1) is 0 Å². The van der Waals surface area contributed by atoms with Crippen molar-refractivity contribution < 1.29 is 8.42 Å². The van der Waals surface area contributed by atoms with Crippen molar-refractivity contribution in [1.82, 2.24) is 4.98 Å². The minimum Gasteiger partial charge on any atom is -0.326 e. The van der Waals surface area contributed by atoms with Crippen LogP contribution in [0.3, 0.4) is 0 Å². The smallest absolute Gasteiger partial charge is 0.233 e. The van der Waals surface area contributed by atoms with Crippen molar-refractivity contribution >= 4 is 27.4 Å². The van der Waals surface area contributed by atoms with Crippen LogP contribution in [0.4, 0.5) is 5.82 Å². The Kier molecular flexibility index (Phi) is 3.54. The average molecular weight is 250 g/mol. The van der Waals surface area contributed by atoms with E-state index in [-0.39, 0.29) is 6.54 Å². The van der Waals surface area contributed by atoms with Gasteiger partial charge in [-0.05, 0) is 6.07 Å². The van der Waals surface area contributed by atoms with Crippen LogP contribution in [-0.2, 0) is 16.6 Å². The Balaban J connectivity index is 3.26. The lowest BCUT2D eigenvalue weighted by Gasteiger charge is -2.18. The van der Waals surface area contributed by atoms with E-state index in [1.165, 1.54) is 13.2 Å². The molecule has 0 bridgehead atoms. The Hall–Kier alpha value is -0.850. The predicted molar refractivity (Wildman–Crippen MR) is 60.4 cm³/mol. The summed E-state index contributed by atoms with van der Waals surface area (Å²) in [7, 11) is -1.91. The van der Waals surface area contributed by atoms with Gasteiger partial charge in [0.1, 0.15) is 5.82 Å². The van der Waals surface area contributed by atoms with Gasteiger partial charge in [0.25, 0.3) is 0 Å².